The molecule has 0 atom stereocenters. The summed E-state index contributed by atoms with van der Waals surface area (Å²) < 4.78 is 27.0. The number of nitrogens with two attached hydrogens (primary N) is 1. The zero-order valence-corrected chi connectivity index (χ0v) is 12.4. The molecule has 1 fully saturated rings. The average Bonchev–Trinajstić information content (AvgIpc) is 2.38. The Morgan fingerprint density at radius 3 is 2.42 bits per heavy atom. The topological polar surface area (TPSA) is 63.4 Å². The van der Waals surface area contributed by atoms with Gasteiger partial charge in [-0.2, -0.15) is 4.31 Å². The highest BCUT2D eigenvalue weighted by molar-refractivity contribution is 7.89. The van der Waals surface area contributed by atoms with Crippen LogP contribution < -0.4 is 5.73 Å². The second-order valence-corrected chi connectivity index (χ2v) is 7.24. The van der Waals surface area contributed by atoms with Gasteiger partial charge in [0.1, 0.15) is 4.90 Å². The SMILES string of the molecule is Cc1cccc(N)c1S(=O)(=O)N(C)C1CCCCC1. The van der Waals surface area contributed by atoms with Crippen molar-refractivity contribution < 1.29 is 8.42 Å². The molecule has 4 nitrogen and oxygen atoms in total. The molecular weight excluding hydrogens is 260 g/mol. The Kier molecular flexibility index (Phi) is 4.16. The maximum atomic E-state index is 12.7. The molecule has 1 aliphatic rings. The van der Waals surface area contributed by atoms with Crippen LogP contribution in [0.3, 0.4) is 0 Å². The number of hydrogen-bond acceptors (Lipinski definition) is 3. The van der Waals surface area contributed by atoms with Crippen LogP contribution in [0.2, 0.25) is 0 Å². The van der Waals surface area contributed by atoms with E-state index in [1.165, 1.54) is 10.7 Å². The van der Waals surface area contributed by atoms with Crippen LogP contribution in [0, 0.1) is 6.92 Å². The lowest BCUT2D eigenvalue weighted by atomic mass is 9.96. The zero-order valence-electron chi connectivity index (χ0n) is 11.6. The third-order valence-electron chi connectivity index (χ3n) is 3.97. The minimum Gasteiger partial charge on any atom is -0.398 e. The molecule has 19 heavy (non-hydrogen) atoms. The molecule has 2 rings (SSSR count). The average molecular weight is 282 g/mol. The molecular formula is C14H22N2O2S. The number of benzene rings is 1. The maximum Gasteiger partial charge on any atom is 0.245 e. The lowest BCUT2D eigenvalue weighted by Gasteiger charge is -2.31. The molecule has 0 heterocycles. The molecule has 1 aromatic rings. The predicted molar refractivity (Wildman–Crippen MR) is 77.4 cm³/mol. The van der Waals surface area contributed by atoms with Crippen molar-refractivity contribution in [3.8, 4) is 0 Å². The van der Waals surface area contributed by atoms with Crippen LogP contribution in [0.5, 0.6) is 0 Å². The molecule has 1 saturated carbocycles. The Balaban J connectivity index is 2.36. The van der Waals surface area contributed by atoms with Gasteiger partial charge in [-0.3, -0.25) is 0 Å². The monoisotopic (exact) mass is 282 g/mol. The molecule has 0 radical (unpaired) electrons. The summed E-state index contributed by atoms with van der Waals surface area (Å²) in [5, 5.41) is 0. The molecule has 0 aliphatic heterocycles. The van der Waals surface area contributed by atoms with E-state index in [2.05, 4.69) is 0 Å². The van der Waals surface area contributed by atoms with Gasteiger partial charge in [-0.15, -0.1) is 0 Å². The fraction of sp³-hybridized carbons (Fsp3) is 0.571. The lowest BCUT2D eigenvalue weighted by Crippen LogP contribution is -2.38. The van der Waals surface area contributed by atoms with E-state index in [-0.39, 0.29) is 10.9 Å². The van der Waals surface area contributed by atoms with E-state index in [0.717, 1.165) is 25.7 Å². The van der Waals surface area contributed by atoms with Gasteiger partial charge in [-0.05, 0) is 31.4 Å². The Morgan fingerprint density at radius 1 is 1.21 bits per heavy atom. The molecule has 0 spiro atoms. The van der Waals surface area contributed by atoms with Gasteiger partial charge in [0.2, 0.25) is 10.0 Å². The number of nitrogens with zero attached hydrogens (tertiary/aromatic N) is 1. The number of nitrogen functional groups attached to an aromatic ring is 1. The highest BCUT2D eigenvalue weighted by Crippen LogP contribution is 2.30. The Morgan fingerprint density at radius 2 is 1.84 bits per heavy atom. The summed E-state index contributed by atoms with van der Waals surface area (Å²) >= 11 is 0. The largest absolute Gasteiger partial charge is 0.398 e. The first kappa shape index (κ1) is 14.3. The quantitative estimate of drug-likeness (QED) is 0.866. The second-order valence-electron chi connectivity index (χ2n) is 5.31. The van der Waals surface area contributed by atoms with Gasteiger partial charge in [0.25, 0.3) is 0 Å². The second kappa shape index (κ2) is 5.51. The number of hydrogen-bond donors (Lipinski definition) is 1. The van der Waals surface area contributed by atoms with E-state index < -0.39 is 10.0 Å². The van der Waals surface area contributed by atoms with Crippen molar-refractivity contribution in [1.29, 1.82) is 0 Å². The van der Waals surface area contributed by atoms with Crippen molar-refractivity contribution in [3.63, 3.8) is 0 Å². The summed E-state index contributed by atoms with van der Waals surface area (Å²) in [4.78, 5) is 0.267. The Hall–Kier alpha value is -1.07. The Bertz CT molecular complexity index is 528. The molecule has 0 saturated heterocycles. The Labute approximate surface area is 115 Å². The summed E-state index contributed by atoms with van der Waals surface area (Å²) in [6, 6.07) is 5.33. The van der Waals surface area contributed by atoms with Crippen molar-refractivity contribution in [2.45, 2.75) is 50.0 Å². The molecule has 0 aromatic heterocycles. The summed E-state index contributed by atoms with van der Waals surface area (Å²) in [6.45, 7) is 1.79. The number of rotatable bonds is 3. The summed E-state index contributed by atoms with van der Waals surface area (Å²) in [5.74, 6) is 0. The van der Waals surface area contributed by atoms with E-state index >= 15 is 0 Å². The van der Waals surface area contributed by atoms with Gasteiger partial charge in [0.05, 0.1) is 5.69 Å². The van der Waals surface area contributed by atoms with E-state index in [4.69, 9.17) is 5.73 Å². The fourth-order valence-electron chi connectivity index (χ4n) is 2.81. The first-order valence-corrected chi connectivity index (χ1v) is 8.21. The third kappa shape index (κ3) is 2.77. The van der Waals surface area contributed by atoms with Gasteiger partial charge in [0.15, 0.2) is 0 Å². The van der Waals surface area contributed by atoms with E-state index in [0.29, 0.717) is 11.3 Å². The van der Waals surface area contributed by atoms with Crippen molar-refractivity contribution in [3.05, 3.63) is 23.8 Å². The van der Waals surface area contributed by atoms with Crippen LogP contribution in [-0.4, -0.2) is 25.8 Å². The molecule has 1 aliphatic carbocycles. The predicted octanol–water partition coefficient (Wildman–Crippen LogP) is 2.53. The van der Waals surface area contributed by atoms with Crippen molar-refractivity contribution >= 4 is 15.7 Å². The smallest absolute Gasteiger partial charge is 0.245 e. The summed E-state index contributed by atoms with van der Waals surface area (Å²) in [5.41, 5.74) is 6.92. The fourth-order valence-corrected chi connectivity index (χ4v) is 4.54. The van der Waals surface area contributed by atoms with Crippen molar-refractivity contribution in [2.75, 3.05) is 12.8 Å². The number of aryl methyl sites for hydroxylation is 1. The number of sulfonamides is 1. The molecule has 0 amide bonds. The van der Waals surface area contributed by atoms with Gasteiger partial charge < -0.3 is 5.73 Å². The van der Waals surface area contributed by atoms with Crippen LogP contribution in [0.15, 0.2) is 23.1 Å². The van der Waals surface area contributed by atoms with Crippen LogP contribution in [0.25, 0.3) is 0 Å². The van der Waals surface area contributed by atoms with E-state index in [1.807, 2.05) is 0 Å². The summed E-state index contributed by atoms with van der Waals surface area (Å²) in [7, 11) is -1.81. The van der Waals surface area contributed by atoms with Crippen LogP contribution >= 0.6 is 0 Å². The van der Waals surface area contributed by atoms with Gasteiger partial charge in [-0.25, -0.2) is 8.42 Å². The van der Waals surface area contributed by atoms with Gasteiger partial charge in [-0.1, -0.05) is 31.4 Å². The molecule has 1 aromatic carbocycles. The van der Waals surface area contributed by atoms with Crippen LogP contribution in [-0.2, 0) is 10.0 Å². The maximum absolute atomic E-state index is 12.7. The highest BCUT2D eigenvalue weighted by Gasteiger charge is 2.31. The standard InChI is InChI=1S/C14H22N2O2S/c1-11-7-6-10-13(15)14(11)19(17,18)16(2)12-8-4-3-5-9-12/h6-7,10,12H,3-5,8-9,15H2,1-2H3. The molecule has 5 heteroatoms. The van der Waals surface area contributed by atoms with E-state index in [9.17, 15) is 8.42 Å². The summed E-state index contributed by atoms with van der Waals surface area (Å²) in [6.07, 6.45) is 5.31. The van der Waals surface area contributed by atoms with Gasteiger partial charge >= 0.3 is 0 Å². The minimum absolute atomic E-state index is 0.109. The van der Waals surface area contributed by atoms with Crippen LogP contribution in [0.1, 0.15) is 37.7 Å². The lowest BCUT2D eigenvalue weighted by molar-refractivity contribution is 0.286. The molecule has 0 bridgehead atoms. The van der Waals surface area contributed by atoms with Crippen molar-refractivity contribution in [1.82, 2.24) is 4.31 Å². The van der Waals surface area contributed by atoms with Crippen molar-refractivity contribution in [2.24, 2.45) is 0 Å². The highest BCUT2D eigenvalue weighted by atomic mass is 32.2. The van der Waals surface area contributed by atoms with Gasteiger partial charge in [0, 0.05) is 13.1 Å². The molecule has 106 valence electrons. The van der Waals surface area contributed by atoms with Crippen LogP contribution in [0.4, 0.5) is 5.69 Å². The third-order valence-corrected chi connectivity index (χ3v) is 6.10. The normalized spacial score (nSPS) is 17.8. The van der Waals surface area contributed by atoms with E-state index in [1.54, 1.807) is 32.2 Å². The first-order chi connectivity index (χ1) is 8.94. The molecule has 2 N–H and O–H groups in total. The minimum atomic E-state index is -3.49. The zero-order chi connectivity index (χ0) is 14.0. The molecule has 0 unspecified atom stereocenters. The first-order valence-electron chi connectivity index (χ1n) is 6.77. The number of anilines is 1.